The van der Waals surface area contributed by atoms with Crippen LogP contribution < -0.4 is 5.56 Å². The molecule has 1 saturated carbocycles. The van der Waals surface area contributed by atoms with Gasteiger partial charge in [-0.1, -0.05) is 43.5 Å². The standard InChI is InChI=1S/C20H22N4O2/c1-23-19-17(11-22-23)20(26)24(13-21-19)12-18(25)16-9-7-15(8-10-16)14-5-3-2-4-6-14/h7-11,13-14H,2-6,12H2,1H3. The third-order valence-electron chi connectivity index (χ3n) is 5.34. The Bertz CT molecular complexity index is 995. The number of aryl methyl sites for hydroxylation is 1. The lowest BCUT2D eigenvalue weighted by Crippen LogP contribution is -2.24. The van der Waals surface area contributed by atoms with Gasteiger partial charge in [0.1, 0.15) is 11.7 Å². The number of Topliss-reactive ketones (excluding diaryl/α,β-unsaturated/α-hetero) is 1. The maximum atomic E-state index is 12.6. The van der Waals surface area contributed by atoms with E-state index in [2.05, 4.69) is 22.2 Å². The first-order valence-electron chi connectivity index (χ1n) is 9.14. The predicted molar refractivity (Wildman–Crippen MR) is 99.4 cm³/mol. The highest BCUT2D eigenvalue weighted by atomic mass is 16.1. The molecule has 0 amide bonds. The monoisotopic (exact) mass is 350 g/mol. The van der Waals surface area contributed by atoms with Crippen molar-refractivity contribution in [3.05, 3.63) is 58.3 Å². The fourth-order valence-electron chi connectivity index (χ4n) is 3.80. The number of carbonyl (C=O) groups excluding carboxylic acids is 1. The molecule has 3 aromatic rings. The van der Waals surface area contributed by atoms with Gasteiger partial charge in [0.05, 0.1) is 12.7 Å². The molecular formula is C20H22N4O2. The third-order valence-corrected chi connectivity index (χ3v) is 5.34. The normalized spacial score (nSPS) is 15.4. The summed E-state index contributed by atoms with van der Waals surface area (Å²) in [5, 5.41) is 4.47. The van der Waals surface area contributed by atoms with Crippen molar-refractivity contribution in [1.82, 2.24) is 19.3 Å². The fourth-order valence-corrected chi connectivity index (χ4v) is 3.80. The number of aromatic nitrogens is 4. The predicted octanol–water partition coefficient (Wildman–Crippen LogP) is 3.06. The molecule has 2 aromatic heterocycles. The number of hydrogen-bond donors (Lipinski definition) is 0. The number of hydrogen-bond acceptors (Lipinski definition) is 4. The quantitative estimate of drug-likeness (QED) is 0.678. The van der Waals surface area contributed by atoms with Crippen LogP contribution in [0.1, 0.15) is 53.9 Å². The minimum Gasteiger partial charge on any atom is -0.292 e. The van der Waals surface area contributed by atoms with E-state index in [4.69, 9.17) is 0 Å². The van der Waals surface area contributed by atoms with Crippen molar-refractivity contribution < 1.29 is 4.79 Å². The Labute approximate surface area is 151 Å². The van der Waals surface area contributed by atoms with Gasteiger partial charge in [-0.2, -0.15) is 5.10 Å². The van der Waals surface area contributed by atoms with E-state index >= 15 is 0 Å². The maximum absolute atomic E-state index is 12.6. The summed E-state index contributed by atoms with van der Waals surface area (Å²) in [6.45, 7) is -0.0144. The van der Waals surface area contributed by atoms with Crippen LogP contribution in [-0.4, -0.2) is 25.1 Å². The van der Waals surface area contributed by atoms with Crippen molar-refractivity contribution in [2.75, 3.05) is 0 Å². The van der Waals surface area contributed by atoms with Gasteiger partial charge in [-0.05, 0) is 24.3 Å². The maximum Gasteiger partial charge on any atom is 0.264 e. The largest absolute Gasteiger partial charge is 0.292 e. The van der Waals surface area contributed by atoms with Gasteiger partial charge in [-0.25, -0.2) is 4.98 Å². The van der Waals surface area contributed by atoms with Crippen molar-refractivity contribution in [2.45, 2.75) is 44.6 Å². The van der Waals surface area contributed by atoms with Crippen LogP contribution in [-0.2, 0) is 13.6 Å². The number of benzene rings is 1. The second kappa shape index (κ2) is 6.86. The lowest BCUT2D eigenvalue weighted by atomic mass is 9.84. The van der Waals surface area contributed by atoms with Crippen molar-refractivity contribution in [2.24, 2.45) is 7.05 Å². The minimum atomic E-state index is -0.240. The highest BCUT2D eigenvalue weighted by Crippen LogP contribution is 2.32. The molecule has 0 spiro atoms. The molecule has 6 nitrogen and oxygen atoms in total. The van der Waals surface area contributed by atoms with Crippen LogP contribution in [0.25, 0.3) is 11.0 Å². The zero-order valence-corrected chi connectivity index (χ0v) is 14.9. The average Bonchev–Trinajstić information content (AvgIpc) is 3.06. The number of nitrogens with zero attached hydrogens (tertiary/aromatic N) is 4. The highest BCUT2D eigenvalue weighted by molar-refractivity contribution is 5.96. The van der Waals surface area contributed by atoms with E-state index < -0.39 is 0 Å². The first kappa shape index (κ1) is 16.7. The molecule has 26 heavy (non-hydrogen) atoms. The SMILES string of the molecule is Cn1ncc2c(=O)n(CC(=O)c3ccc(C4CCCCC4)cc3)cnc21. The van der Waals surface area contributed by atoms with E-state index in [0.717, 1.165) is 0 Å². The summed E-state index contributed by atoms with van der Waals surface area (Å²) in [6, 6.07) is 7.89. The van der Waals surface area contributed by atoms with Crippen molar-refractivity contribution in [1.29, 1.82) is 0 Å². The average molecular weight is 350 g/mol. The van der Waals surface area contributed by atoms with Crippen LogP contribution in [0.5, 0.6) is 0 Å². The number of fused-ring (bicyclic) bond motifs is 1. The molecule has 1 aliphatic rings. The van der Waals surface area contributed by atoms with E-state index in [9.17, 15) is 9.59 Å². The summed E-state index contributed by atoms with van der Waals surface area (Å²) >= 11 is 0. The van der Waals surface area contributed by atoms with Crippen molar-refractivity contribution >= 4 is 16.8 Å². The van der Waals surface area contributed by atoms with Gasteiger partial charge in [0.2, 0.25) is 0 Å². The Morgan fingerprint density at radius 3 is 2.62 bits per heavy atom. The molecule has 0 aliphatic heterocycles. The summed E-state index contributed by atoms with van der Waals surface area (Å²) in [4.78, 5) is 29.3. The van der Waals surface area contributed by atoms with E-state index in [-0.39, 0.29) is 17.9 Å². The van der Waals surface area contributed by atoms with Crippen LogP contribution >= 0.6 is 0 Å². The van der Waals surface area contributed by atoms with Crippen LogP contribution in [0.3, 0.4) is 0 Å². The molecule has 0 N–H and O–H groups in total. The van der Waals surface area contributed by atoms with Gasteiger partial charge in [-0.3, -0.25) is 18.8 Å². The summed E-state index contributed by atoms with van der Waals surface area (Å²) in [5.74, 6) is 0.528. The third kappa shape index (κ3) is 3.07. The molecule has 0 atom stereocenters. The first-order valence-corrected chi connectivity index (χ1v) is 9.14. The van der Waals surface area contributed by atoms with Gasteiger partial charge in [-0.15, -0.1) is 0 Å². The van der Waals surface area contributed by atoms with Gasteiger partial charge >= 0.3 is 0 Å². The van der Waals surface area contributed by atoms with Gasteiger partial charge in [0.15, 0.2) is 11.4 Å². The Hall–Kier alpha value is -2.76. The second-order valence-corrected chi connectivity index (χ2v) is 7.06. The van der Waals surface area contributed by atoms with E-state index in [0.29, 0.717) is 22.5 Å². The smallest absolute Gasteiger partial charge is 0.264 e. The molecule has 0 bridgehead atoms. The molecular weight excluding hydrogens is 328 g/mol. The van der Waals surface area contributed by atoms with Gasteiger partial charge < -0.3 is 0 Å². The summed E-state index contributed by atoms with van der Waals surface area (Å²) in [5.41, 5.74) is 2.23. The molecule has 134 valence electrons. The van der Waals surface area contributed by atoms with Crippen molar-refractivity contribution in [3.8, 4) is 0 Å². The number of carbonyl (C=O) groups is 1. The zero-order valence-electron chi connectivity index (χ0n) is 14.9. The fraction of sp³-hybridized carbons (Fsp3) is 0.400. The first-order chi connectivity index (χ1) is 12.6. The minimum absolute atomic E-state index is 0.0144. The van der Waals surface area contributed by atoms with E-state index in [1.807, 2.05) is 12.1 Å². The Kier molecular flexibility index (Phi) is 4.41. The second-order valence-electron chi connectivity index (χ2n) is 7.06. The molecule has 6 heteroatoms. The van der Waals surface area contributed by atoms with Gasteiger partial charge in [0, 0.05) is 12.6 Å². The molecule has 0 radical (unpaired) electrons. The Morgan fingerprint density at radius 1 is 1.15 bits per heavy atom. The van der Waals surface area contributed by atoms with Crippen LogP contribution in [0.4, 0.5) is 0 Å². The topological polar surface area (TPSA) is 69.8 Å². The molecule has 0 unspecified atom stereocenters. The molecule has 1 fully saturated rings. The van der Waals surface area contributed by atoms with Crippen LogP contribution in [0.15, 0.2) is 41.6 Å². The summed E-state index contributed by atoms with van der Waals surface area (Å²) in [7, 11) is 1.73. The summed E-state index contributed by atoms with van der Waals surface area (Å²) in [6.07, 6.45) is 9.29. The highest BCUT2D eigenvalue weighted by Gasteiger charge is 2.16. The lowest BCUT2D eigenvalue weighted by molar-refractivity contribution is 0.0970. The molecule has 1 aromatic carbocycles. The van der Waals surface area contributed by atoms with Gasteiger partial charge in [0.25, 0.3) is 5.56 Å². The molecule has 1 aliphatic carbocycles. The molecule has 0 saturated heterocycles. The summed E-state index contributed by atoms with van der Waals surface area (Å²) < 4.78 is 2.90. The Balaban J connectivity index is 1.53. The van der Waals surface area contributed by atoms with E-state index in [1.165, 1.54) is 54.8 Å². The number of rotatable bonds is 4. The Morgan fingerprint density at radius 2 is 1.88 bits per heavy atom. The lowest BCUT2D eigenvalue weighted by Gasteiger charge is -2.22. The molecule has 4 rings (SSSR count). The van der Waals surface area contributed by atoms with Crippen molar-refractivity contribution in [3.63, 3.8) is 0 Å². The van der Waals surface area contributed by atoms with Crippen LogP contribution in [0.2, 0.25) is 0 Å². The zero-order chi connectivity index (χ0) is 18.1. The van der Waals surface area contributed by atoms with E-state index in [1.54, 1.807) is 11.7 Å². The number of ketones is 1. The molecule has 2 heterocycles. The van der Waals surface area contributed by atoms with Crippen LogP contribution in [0, 0.1) is 0 Å².